The molecule has 2 heteroatoms. The van der Waals surface area contributed by atoms with E-state index in [2.05, 4.69) is 36.4 Å². The van der Waals surface area contributed by atoms with Crippen LogP contribution in [-0.4, -0.2) is 0 Å². The van der Waals surface area contributed by atoms with E-state index >= 15 is 0 Å². The van der Waals surface area contributed by atoms with Crippen LogP contribution in [0.3, 0.4) is 0 Å². The van der Waals surface area contributed by atoms with Crippen LogP contribution >= 0.6 is 0 Å². The minimum Gasteiger partial charge on any atom is -0.197 e. The lowest BCUT2D eigenvalue weighted by Crippen LogP contribution is -2.21. The molecule has 0 atom stereocenters. The van der Waals surface area contributed by atoms with E-state index in [1.54, 1.807) is 0 Å². The zero-order valence-electron chi connectivity index (χ0n) is 17.3. The highest BCUT2D eigenvalue weighted by molar-refractivity contribution is 5.47. The average Bonchev–Trinajstić information content (AvgIpc) is 3.35. The molecule has 148 valence electrons. The summed E-state index contributed by atoms with van der Waals surface area (Å²) in [5.74, 6) is 0. The van der Waals surface area contributed by atoms with E-state index in [1.165, 1.54) is 22.3 Å². The number of allylic oxidation sites excluding steroid dienone is 4. The van der Waals surface area contributed by atoms with Gasteiger partial charge in [0, 0.05) is 0 Å². The zero-order chi connectivity index (χ0) is 20.6. The Morgan fingerprint density at radius 2 is 0.800 bits per heavy atom. The van der Waals surface area contributed by atoms with E-state index in [9.17, 15) is 10.5 Å². The van der Waals surface area contributed by atoms with Gasteiger partial charge in [0.05, 0.1) is 23.0 Å². The van der Waals surface area contributed by atoms with Gasteiger partial charge in [0.2, 0.25) is 0 Å². The average molecular weight is 391 g/mol. The van der Waals surface area contributed by atoms with Crippen molar-refractivity contribution in [1.82, 2.24) is 0 Å². The second-order valence-electron chi connectivity index (χ2n) is 9.24. The van der Waals surface area contributed by atoms with Crippen molar-refractivity contribution in [1.29, 1.82) is 10.5 Å². The maximum Gasteiger partial charge on any atom is 0.0896 e. The third-order valence-electron chi connectivity index (χ3n) is 7.60. The predicted octanol–water partition coefficient (Wildman–Crippen LogP) is 6.66. The van der Waals surface area contributed by atoms with Crippen molar-refractivity contribution in [3.8, 4) is 12.1 Å². The zero-order valence-corrected chi connectivity index (χ0v) is 17.3. The first-order valence-electron chi connectivity index (χ1n) is 11.0. The molecular formula is C28H26N2. The molecule has 0 unspecified atom stereocenters. The molecule has 0 saturated carbocycles. The summed E-state index contributed by atoms with van der Waals surface area (Å²) in [7, 11) is 0. The second kappa shape index (κ2) is 7.30. The van der Waals surface area contributed by atoms with Crippen molar-refractivity contribution in [2.24, 2.45) is 0 Å². The van der Waals surface area contributed by atoms with Crippen LogP contribution in [0, 0.1) is 22.7 Å². The molecule has 0 N–H and O–H groups in total. The third-order valence-corrected chi connectivity index (χ3v) is 7.60. The minimum atomic E-state index is -0.388. The minimum absolute atomic E-state index is 0.388. The van der Waals surface area contributed by atoms with Gasteiger partial charge in [-0.15, -0.1) is 0 Å². The van der Waals surface area contributed by atoms with Gasteiger partial charge in [-0.2, -0.15) is 10.5 Å². The van der Waals surface area contributed by atoms with Crippen LogP contribution in [0.25, 0.3) is 0 Å². The Hall–Kier alpha value is -3.10. The fraction of sp³-hybridized carbons (Fsp3) is 0.357. The fourth-order valence-electron chi connectivity index (χ4n) is 5.96. The van der Waals surface area contributed by atoms with E-state index < -0.39 is 0 Å². The Morgan fingerprint density at radius 1 is 0.500 bits per heavy atom. The Bertz CT molecular complexity index is 983. The van der Waals surface area contributed by atoms with Crippen molar-refractivity contribution in [3.05, 3.63) is 94.1 Å². The standard InChI is InChI=1S/C28H26N2/c29-19-27(25-7-3-1-4-8-25)15-21-11-13-23-17-28(20-30,26-9-5-2-6-10-26)18-24(23)14-12-22(21)16-27/h1-10H,11-18H2. The Labute approximate surface area is 179 Å². The molecular weight excluding hydrogens is 364 g/mol. The molecule has 0 heterocycles. The summed E-state index contributed by atoms with van der Waals surface area (Å²) in [6, 6.07) is 26.1. The van der Waals surface area contributed by atoms with Crippen molar-refractivity contribution in [3.63, 3.8) is 0 Å². The molecule has 0 aliphatic heterocycles. The predicted molar refractivity (Wildman–Crippen MR) is 118 cm³/mol. The summed E-state index contributed by atoms with van der Waals surface area (Å²) in [6.45, 7) is 0. The number of nitriles is 2. The van der Waals surface area contributed by atoms with Crippen LogP contribution in [0.2, 0.25) is 0 Å². The fourth-order valence-corrected chi connectivity index (χ4v) is 5.96. The molecule has 2 aromatic rings. The van der Waals surface area contributed by atoms with Gasteiger partial charge in [0.25, 0.3) is 0 Å². The monoisotopic (exact) mass is 390 g/mol. The Balaban J connectivity index is 1.37. The summed E-state index contributed by atoms with van der Waals surface area (Å²) in [6.07, 6.45) is 7.64. The number of hydrogen-bond acceptors (Lipinski definition) is 2. The van der Waals surface area contributed by atoms with Crippen molar-refractivity contribution in [2.45, 2.75) is 62.2 Å². The molecule has 0 bridgehead atoms. The molecule has 2 aromatic carbocycles. The van der Waals surface area contributed by atoms with Gasteiger partial charge in [-0.3, -0.25) is 0 Å². The summed E-state index contributed by atoms with van der Waals surface area (Å²) < 4.78 is 0. The molecule has 0 saturated heterocycles. The number of hydrogen-bond donors (Lipinski definition) is 0. The lowest BCUT2D eigenvalue weighted by atomic mass is 9.77. The summed E-state index contributed by atoms with van der Waals surface area (Å²) in [5, 5.41) is 20.2. The van der Waals surface area contributed by atoms with Gasteiger partial charge in [-0.25, -0.2) is 0 Å². The third kappa shape index (κ3) is 3.00. The highest BCUT2D eigenvalue weighted by atomic mass is 14.5. The van der Waals surface area contributed by atoms with Crippen molar-refractivity contribution >= 4 is 0 Å². The molecule has 2 nitrogen and oxygen atoms in total. The van der Waals surface area contributed by atoms with E-state index in [4.69, 9.17) is 0 Å². The second-order valence-corrected chi connectivity index (χ2v) is 9.24. The van der Waals surface area contributed by atoms with Crippen LogP contribution in [0.1, 0.15) is 62.5 Å². The molecule has 0 aromatic heterocycles. The van der Waals surface area contributed by atoms with Gasteiger partial charge in [0.15, 0.2) is 0 Å². The van der Waals surface area contributed by atoms with Crippen LogP contribution in [0.5, 0.6) is 0 Å². The summed E-state index contributed by atoms with van der Waals surface area (Å²) in [5.41, 5.74) is 7.55. The van der Waals surface area contributed by atoms with E-state index in [1.807, 2.05) is 36.4 Å². The van der Waals surface area contributed by atoms with Crippen LogP contribution < -0.4 is 0 Å². The van der Waals surface area contributed by atoms with Gasteiger partial charge in [-0.05, 0) is 62.5 Å². The SMILES string of the molecule is N#CC1(c2ccccc2)CC2=C(CCC3=C(CC2)CC(C#N)(c2ccccc2)C3)C1. The van der Waals surface area contributed by atoms with Crippen molar-refractivity contribution in [2.75, 3.05) is 0 Å². The lowest BCUT2D eigenvalue weighted by molar-refractivity contribution is 0.557. The maximum absolute atomic E-state index is 10.1. The number of benzene rings is 2. The first-order chi connectivity index (χ1) is 14.7. The van der Waals surface area contributed by atoms with Gasteiger partial charge >= 0.3 is 0 Å². The normalized spacial score (nSPS) is 21.8. The molecule has 3 aliphatic carbocycles. The topological polar surface area (TPSA) is 47.6 Å². The first-order valence-corrected chi connectivity index (χ1v) is 11.0. The summed E-state index contributed by atoms with van der Waals surface area (Å²) in [4.78, 5) is 0. The van der Waals surface area contributed by atoms with Gasteiger partial charge in [0.1, 0.15) is 0 Å². The maximum atomic E-state index is 10.1. The smallest absolute Gasteiger partial charge is 0.0896 e. The Kier molecular flexibility index (Phi) is 4.60. The van der Waals surface area contributed by atoms with Crippen LogP contribution in [0.4, 0.5) is 0 Å². The number of nitrogens with zero attached hydrogens (tertiary/aromatic N) is 2. The molecule has 5 rings (SSSR count). The van der Waals surface area contributed by atoms with E-state index in [0.29, 0.717) is 0 Å². The van der Waals surface area contributed by atoms with Crippen LogP contribution in [-0.2, 0) is 10.8 Å². The highest BCUT2D eigenvalue weighted by Crippen LogP contribution is 2.52. The quantitative estimate of drug-likeness (QED) is 0.538. The summed E-state index contributed by atoms with van der Waals surface area (Å²) >= 11 is 0. The molecule has 0 fully saturated rings. The van der Waals surface area contributed by atoms with Crippen molar-refractivity contribution < 1.29 is 0 Å². The molecule has 0 amide bonds. The molecule has 3 aliphatic rings. The first kappa shape index (κ1) is 18.9. The van der Waals surface area contributed by atoms with Crippen LogP contribution in [0.15, 0.2) is 83.0 Å². The Morgan fingerprint density at radius 3 is 1.07 bits per heavy atom. The van der Waals surface area contributed by atoms with Gasteiger partial charge in [-0.1, -0.05) is 83.0 Å². The molecule has 0 spiro atoms. The highest BCUT2D eigenvalue weighted by Gasteiger charge is 2.44. The van der Waals surface area contributed by atoms with E-state index in [-0.39, 0.29) is 10.8 Å². The molecule has 0 radical (unpaired) electrons. The largest absolute Gasteiger partial charge is 0.197 e. The number of rotatable bonds is 2. The molecule has 30 heavy (non-hydrogen) atoms. The van der Waals surface area contributed by atoms with Gasteiger partial charge < -0.3 is 0 Å². The lowest BCUT2D eigenvalue weighted by Gasteiger charge is -2.23. The van der Waals surface area contributed by atoms with E-state index in [0.717, 1.165) is 62.5 Å².